The molecule has 4 aromatic rings. The van der Waals surface area contributed by atoms with Crippen molar-refractivity contribution in [3.05, 3.63) is 74.9 Å². The fourth-order valence-electron chi connectivity index (χ4n) is 4.24. The van der Waals surface area contributed by atoms with E-state index >= 15 is 0 Å². The van der Waals surface area contributed by atoms with Crippen molar-refractivity contribution in [1.29, 1.82) is 0 Å². The zero-order chi connectivity index (χ0) is 28.8. The normalized spacial score (nSPS) is 16.1. The number of para-hydroxylation sites is 1. The zero-order valence-electron chi connectivity index (χ0n) is 20.4. The topological polar surface area (TPSA) is 94.0 Å². The summed E-state index contributed by atoms with van der Waals surface area (Å²) in [5, 5.41) is 18.9. The number of aromatic nitrogens is 6. The Morgan fingerprint density at radius 3 is 2.38 bits per heavy atom. The predicted octanol–water partition coefficient (Wildman–Crippen LogP) is 4.42. The SMILES string of the molecule is O=c1n(Cc2nc(N3CCC(F)(F)C3)n(-c3ccccc3Cl)n2)nc(-c2ccc(Cl)cc2)n1C[C@H](O)C(F)(F)F. The molecule has 1 fully saturated rings. The average molecular weight is 604 g/mol. The third-order valence-corrected chi connectivity index (χ3v) is 6.79. The number of alkyl halides is 5. The molecule has 212 valence electrons. The van der Waals surface area contributed by atoms with Crippen LogP contribution in [0.25, 0.3) is 17.1 Å². The van der Waals surface area contributed by atoms with Crippen molar-refractivity contribution in [2.75, 3.05) is 18.0 Å². The van der Waals surface area contributed by atoms with E-state index in [0.29, 0.717) is 15.3 Å². The minimum absolute atomic E-state index is 0.0137. The summed E-state index contributed by atoms with van der Waals surface area (Å²) >= 11 is 12.2. The third kappa shape index (κ3) is 5.69. The molecule has 9 nitrogen and oxygen atoms in total. The third-order valence-electron chi connectivity index (χ3n) is 6.22. The van der Waals surface area contributed by atoms with Gasteiger partial charge < -0.3 is 10.0 Å². The van der Waals surface area contributed by atoms with E-state index in [2.05, 4.69) is 15.2 Å². The van der Waals surface area contributed by atoms with Crippen molar-refractivity contribution in [1.82, 2.24) is 29.1 Å². The highest BCUT2D eigenvalue weighted by molar-refractivity contribution is 6.32. The van der Waals surface area contributed by atoms with E-state index in [0.717, 1.165) is 4.68 Å². The Labute approximate surface area is 233 Å². The fraction of sp³-hybridized carbons (Fsp3) is 0.333. The number of hydrogen-bond donors (Lipinski definition) is 1. The van der Waals surface area contributed by atoms with Gasteiger partial charge in [0.2, 0.25) is 5.95 Å². The average Bonchev–Trinajstić information content (AvgIpc) is 3.55. The molecule has 40 heavy (non-hydrogen) atoms. The van der Waals surface area contributed by atoms with E-state index in [4.69, 9.17) is 23.2 Å². The second-order valence-corrected chi connectivity index (χ2v) is 10.0. The molecule has 0 bridgehead atoms. The fourth-order valence-corrected chi connectivity index (χ4v) is 4.58. The van der Waals surface area contributed by atoms with Crippen LogP contribution in [0.3, 0.4) is 0 Å². The van der Waals surface area contributed by atoms with Crippen molar-refractivity contribution in [3.8, 4) is 17.1 Å². The molecule has 0 aliphatic carbocycles. The minimum Gasteiger partial charge on any atom is -0.382 e. The molecule has 0 amide bonds. The van der Waals surface area contributed by atoms with Crippen LogP contribution in [0.5, 0.6) is 0 Å². The highest BCUT2D eigenvalue weighted by Gasteiger charge is 2.41. The van der Waals surface area contributed by atoms with Crippen molar-refractivity contribution in [3.63, 3.8) is 0 Å². The molecular formula is C24H20Cl2F5N7O2. The number of rotatable bonds is 7. The standard InChI is InChI=1S/C24H20Cl2F5N7O2/c25-15-7-5-14(6-8-15)20-34-37(22(40)36(20)11-18(39)24(29,30)31)12-19-32-21(35-10-9-23(27,28)13-35)38(33-19)17-4-2-1-3-16(17)26/h1-8,18,39H,9-13H2/t18-/m0/s1. The Kier molecular flexibility index (Phi) is 7.35. The largest absolute Gasteiger partial charge is 0.416 e. The van der Waals surface area contributed by atoms with Gasteiger partial charge in [-0.3, -0.25) is 4.57 Å². The van der Waals surface area contributed by atoms with Crippen molar-refractivity contribution < 1.29 is 27.1 Å². The highest BCUT2D eigenvalue weighted by Crippen LogP contribution is 2.32. The first kappa shape index (κ1) is 28.1. The number of hydrogen-bond acceptors (Lipinski definition) is 6. The van der Waals surface area contributed by atoms with Gasteiger partial charge in [-0.05, 0) is 36.4 Å². The molecular weight excluding hydrogens is 584 g/mol. The smallest absolute Gasteiger partial charge is 0.382 e. The monoisotopic (exact) mass is 603 g/mol. The lowest BCUT2D eigenvalue weighted by atomic mass is 10.2. The first-order chi connectivity index (χ1) is 18.8. The number of nitrogens with zero attached hydrogens (tertiary/aromatic N) is 7. The van der Waals surface area contributed by atoms with Crippen LogP contribution in [-0.4, -0.2) is 65.5 Å². The first-order valence-electron chi connectivity index (χ1n) is 11.8. The molecule has 1 saturated heterocycles. The van der Waals surface area contributed by atoms with Gasteiger partial charge in [-0.1, -0.05) is 35.3 Å². The highest BCUT2D eigenvalue weighted by atomic mass is 35.5. The molecule has 2 aromatic carbocycles. The van der Waals surface area contributed by atoms with E-state index < -0.39 is 49.9 Å². The second kappa shape index (κ2) is 10.5. The summed E-state index contributed by atoms with van der Waals surface area (Å²) in [6.45, 7) is -2.15. The number of halogens is 7. The lowest BCUT2D eigenvalue weighted by molar-refractivity contribution is -0.207. The molecule has 0 saturated carbocycles. The Bertz CT molecular complexity index is 1580. The van der Waals surface area contributed by atoms with Crippen molar-refractivity contribution in [2.24, 2.45) is 0 Å². The summed E-state index contributed by atoms with van der Waals surface area (Å²) in [6.07, 6.45) is -8.22. The molecule has 0 unspecified atom stereocenters. The van der Waals surface area contributed by atoms with Crippen LogP contribution in [0.1, 0.15) is 12.2 Å². The van der Waals surface area contributed by atoms with E-state index in [1.807, 2.05) is 0 Å². The van der Waals surface area contributed by atoms with Gasteiger partial charge in [0, 0.05) is 23.6 Å². The zero-order valence-corrected chi connectivity index (χ0v) is 21.9. The van der Waals surface area contributed by atoms with Crippen molar-refractivity contribution in [2.45, 2.75) is 37.7 Å². The number of aliphatic hydroxyl groups excluding tert-OH is 1. The van der Waals surface area contributed by atoms with E-state index in [-0.39, 0.29) is 34.7 Å². The second-order valence-electron chi connectivity index (χ2n) is 9.16. The Morgan fingerprint density at radius 2 is 1.75 bits per heavy atom. The summed E-state index contributed by atoms with van der Waals surface area (Å²) in [6, 6.07) is 12.4. The summed E-state index contributed by atoms with van der Waals surface area (Å²) in [5.74, 6) is -3.08. The van der Waals surface area contributed by atoms with E-state index in [9.17, 15) is 31.9 Å². The Balaban J connectivity index is 1.57. The molecule has 5 rings (SSSR count). The van der Waals surface area contributed by atoms with E-state index in [1.54, 1.807) is 24.3 Å². The maximum Gasteiger partial charge on any atom is 0.416 e. The Hall–Kier alpha value is -3.49. The number of benzene rings is 2. The van der Waals surface area contributed by atoms with Crippen molar-refractivity contribution >= 4 is 29.2 Å². The maximum atomic E-state index is 14.0. The summed E-state index contributed by atoms with van der Waals surface area (Å²) in [4.78, 5) is 18.9. The predicted molar refractivity (Wildman–Crippen MR) is 136 cm³/mol. The van der Waals surface area contributed by atoms with E-state index in [1.165, 1.54) is 33.8 Å². The Morgan fingerprint density at radius 1 is 1.05 bits per heavy atom. The van der Waals surface area contributed by atoms with Gasteiger partial charge >= 0.3 is 11.9 Å². The van der Waals surface area contributed by atoms with Gasteiger partial charge in [0.25, 0.3) is 5.92 Å². The first-order valence-corrected chi connectivity index (χ1v) is 12.6. The molecule has 0 spiro atoms. The van der Waals surface area contributed by atoms with Crippen LogP contribution >= 0.6 is 23.2 Å². The van der Waals surface area contributed by atoms with Crippen LogP contribution in [0, 0.1) is 0 Å². The lowest BCUT2D eigenvalue weighted by Gasteiger charge is -2.17. The maximum absolute atomic E-state index is 14.0. The van der Waals surface area contributed by atoms with Gasteiger partial charge in [0.15, 0.2) is 17.8 Å². The lowest BCUT2D eigenvalue weighted by Crippen LogP contribution is -2.37. The van der Waals surface area contributed by atoms with Crippen LogP contribution in [0.15, 0.2) is 53.3 Å². The van der Waals surface area contributed by atoms with Crippen LogP contribution in [0.2, 0.25) is 10.0 Å². The van der Waals surface area contributed by atoms with Gasteiger partial charge in [-0.2, -0.15) is 22.8 Å². The molecule has 1 aliphatic rings. The summed E-state index contributed by atoms with van der Waals surface area (Å²) in [5.41, 5.74) is -0.359. The minimum atomic E-state index is -4.99. The van der Waals surface area contributed by atoms with Gasteiger partial charge in [-0.15, -0.1) is 10.2 Å². The summed E-state index contributed by atoms with van der Waals surface area (Å²) < 4.78 is 70.3. The molecule has 3 heterocycles. The molecule has 1 atom stereocenters. The number of anilines is 1. The quantitative estimate of drug-likeness (QED) is 0.314. The molecule has 16 heteroatoms. The van der Waals surface area contributed by atoms with Gasteiger partial charge in [0.1, 0.15) is 6.54 Å². The molecule has 1 N–H and O–H groups in total. The molecule has 1 aliphatic heterocycles. The van der Waals surface area contributed by atoms with Gasteiger partial charge in [-0.25, -0.2) is 18.3 Å². The molecule has 2 aromatic heterocycles. The summed E-state index contributed by atoms with van der Waals surface area (Å²) in [7, 11) is 0. The van der Waals surface area contributed by atoms with Crippen LogP contribution in [0.4, 0.5) is 27.9 Å². The van der Waals surface area contributed by atoms with Crippen LogP contribution < -0.4 is 10.6 Å². The number of aliphatic hydroxyl groups is 1. The van der Waals surface area contributed by atoms with Gasteiger partial charge in [0.05, 0.1) is 23.8 Å². The van der Waals surface area contributed by atoms with Crippen LogP contribution in [-0.2, 0) is 13.1 Å². The molecule has 0 radical (unpaired) electrons.